The number of hydrazone groups is 1. The van der Waals surface area contributed by atoms with Crippen molar-refractivity contribution in [2.45, 2.75) is 24.5 Å². The Hall–Kier alpha value is -3.19. The van der Waals surface area contributed by atoms with Crippen LogP contribution in [0.3, 0.4) is 0 Å². The maximum atomic E-state index is 10.4. The Balaban J connectivity index is 1.73. The molecule has 4 unspecified atom stereocenters. The zero-order valence-corrected chi connectivity index (χ0v) is 14.5. The van der Waals surface area contributed by atoms with Crippen LogP contribution in [0.1, 0.15) is 11.8 Å². The summed E-state index contributed by atoms with van der Waals surface area (Å²) >= 11 is 0. The van der Waals surface area contributed by atoms with Gasteiger partial charge in [0.25, 0.3) is 0 Å². The predicted octanol–water partition coefficient (Wildman–Crippen LogP) is -1.14. The molecule has 0 amide bonds. The summed E-state index contributed by atoms with van der Waals surface area (Å²) in [5.74, 6) is 0.305. The summed E-state index contributed by atoms with van der Waals surface area (Å²) in [5, 5.41) is 34.0. The quantitative estimate of drug-likeness (QED) is 0.266. The SMILES string of the molecule is Nc1ncnc2c1nc(NN=Cc1ccncc1)n2C1OC(CO)C(O)C1O. The zero-order chi connectivity index (χ0) is 19.7. The molecule has 3 aromatic heterocycles. The Labute approximate surface area is 158 Å². The van der Waals surface area contributed by atoms with Gasteiger partial charge in [0.15, 0.2) is 23.2 Å². The molecule has 1 fully saturated rings. The minimum absolute atomic E-state index is 0.136. The van der Waals surface area contributed by atoms with Gasteiger partial charge in [-0.25, -0.2) is 20.4 Å². The first-order valence-corrected chi connectivity index (χ1v) is 8.40. The van der Waals surface area contributed by atoms with E-state index < -0.39 is 31.1 Å². The van der Waals surface area contributed by atoms with Gasteiger partial charge in [-0.1, -0.05) is 0 Å². The molecule has 0 bridgehead atoms. The highest BCUT2D eigenvalue weighted by molar-refractivity contribution is 5.84. The van der Waals surface area contributed by atoms with Crippen molar-refractivity contribution in [1.82, 2.24) is 24.5 Å². The normalized spacial score (nSPS) is 25.0. The van der Waals surface area contributed by atoms with Crippen LogP contribution in [-0.4, -0.2) is 71.0 Å². The molecule has 4 atom stereocenters. The molecular formula is C16H18N8O4. The van der Waals surface area contributed by atoms with Gasteiger partial charge in [0, 0.05) is 12.4 Å². The molecule has 0 aromatic carbocycles. The third-order valence-electron chi connectivity index (χ3n) is 4.36. The number of ether oxygens (including phenoxy) is 1. The fourth-order valence-electron chi connectivity index (χ4n) is 2.95. The van der Waals surface area contributed by atoms with E-state index >= 15 is 0 Å². The molecule has 4 heterocycles. The number of aliphatic hydroxyl groups is 3. The molecule has 1 saturated heterocycles. The summed E-state index contributed by atoms with van der Waals surface area (Å²) in [7, 11) is 0. The summed E-state index contributed by atoms with van der Waals surface area (Å²) in [6, 6.07) is 3.54. The van der Waals surface area contributed by atoms with Crippen LogP contribution >= 0.6 is 0 Å². The van der Waals surface area contributed by atoms with Crippen LogP contribution in [0.5, 0.6) is 0 Å². The second kappa shape index (κ2) is 7.44. The molecule has 1 aliphatic rings. The molecular weight excluding hydrogens is 368 g/mol. The van der Waals surface area contributed by atoms with Crippen LogP contribution in [0.2, 0.25) is 0 Å². The molecule has 28 heavy (non-hydrogen) atoms. The molecule has 4 rings (SSSR count). The number of pyridine rings is 1. The molecule has 0 radical (unpaired) electrons. The lowest BCUT2D eigenvalue weighted by Crippen LogP contribution is -2.33. The zero-order valence-electron chi connectivity index (χ0n) is 14.5. The van der Waals surface area contributed by atoms with Crippen molar-refractivity contribution in [3.05, 3.63) is 36.4 Å². The fourth-order valence-corrected chi connectivity index (χ4v) is 2.95. The lowest BCUT2D eigenvalue weighted by molar-refractivity contribution is -0.0501. The van der Waals surface area contributed by atoms with Gasteiger partial charge in [-0.3, -0.25) is 9.55 Å². The van der Waals surface area contributed by atoms with Gasteiger partial charge in [-0.05, 0) is 17.7 Å². The van der Waals surface area contributed by atoms with Crippen molar-refractivity contribution in [3.63, 3.8) is 0 Å². The summed E-state index contributed by atoms with van der Waals surface area (Å²) in [4.78, 5) is 16.3. The number of rotatable bonds is 5. The number of aromatic nitrogens is 5. The molecule has 1 aliphatic heterocycles. The number of nitrogen functional groups attached to an aromatic ring is 1. The second-order valence-electron chi connectivity index (χ2n) is 6.12. The van der Waals surface area contributed by atoms with Gasteiger partial charge in [0.1, 0.15) is 24.6 Å². The summed E-state index contributed by atoms with van der Waals surface area (Å²) in [6.45, 7) is -0.457. The van der Waals surface area contributed by atoms with Crippen molar-refractivity contribution < 1.29 is 20.1 Å². The largest absolute Gasteiger partial charge is 0.394 e. The van der Waals surface area contributed by atoms with Crippen LogP contribution in [0.4, 0.5) is 11.8 Å². The number of nitrogens with two attached hydrogens (primary N) is 1. The van der Waals surface area contributed by atoms with Crippen molar-refractivity contribution in [2.75, 3.05) is 17.8 Å². The number of aliphatic hydroxyl groups excluding tert-OH is 3. The van der Waals surface area contributed by atoms with Gasteiger partial charge in [0.2, 0.25) is 5.95 Å². The van der Waals surface area contributed by atoms with Crippen molar-refractivity contribution in [1.29, 1.82) is 0 Å². The van der Waals surface area contributed by atoms with Gasteiger partial charge in [-0.15, -0.1) is 0 Å². The average Bonchev–Trinajstić information content (AvgIpc) is 3.21. The van der Waals surface area contributed by atoms with E-state index in [1.165, 1.54) is 10.9 Å². The third kappa shape index (κ3) is 3.14. The van der Waals surface area contributed by atoms with Gasteiger partial charge in [0.05, 0.1) is 12.8 Å². The fraction of sp³-hybridized carbons (Fsp3) is 0.312. The summed E-state index contributed by atoms with van der Waals surface area (Å²) in [6.07, 6.45) is 1.45. The number of imidazole rings is 1. The van der Waals surface area contributed by atoms with Crippen molar-refractivity contribution in [2.24, 2.45) is 5.10 Å². The number of hydrogen-bond donors (Lipinski definition) is 5. The van der Waals surface area contributed by atoms with E-state index in [9.17, 15) is 15.3 Å². The number of hydrogen-bond acceptors (Lipinski definition) is 11. The van der Waals surface area contributed by atoms with E-state index in [4.69, 9.17) is 10.5 Å². The smallest absolute Gasteiger partial charge is 0.228 e. The minimum Gasteiger partial charge on any atom is -0.394 e. The number of fused-ring (bicyclic) bond motifs is 1. The maximum absolute atomic E-state index is 10.4. The standard InChI is InChI=1S/C16H18N8O4/c17-13-10-14(20-7-19-13)24(15-12(27)11(26)9(6-25)28-15)16(22-10)23-21-5-8-1-3-18-4-2-8/h1-5,7,9,11-12,15,25-27H,6H2,(H,22,23)(H2,17,19,20). The van der Waals surface area contributed by atoms with Crippen LogP contribution in [0.15, 0.2) is 36.0 Å². The van der Waals surface area contributed by atoms with E-state index in [0.29, 0.717) is 0 Å². The third-order valence-corrected chi connectivity index (χ3v) is 4.36. The number of nitrogens with zero attached hydrogens (tertiary/aromatic N) is 6. The van der Waals surface area contributed by atoms with E-state index in [0.717, 1.165) is 5.56 Å². The number of nitrogens with one attached hydrogen (secondary N) is 1. The first-order chi connectivity index (χ1) is 13.6. The first-order valence-electron chi connectivity index (χ1n) is 8.40. The Morgan fingerprint density at radius 3 is 2.75 bits per heavy atom. The van der Waals surface area contributed by atoms with Crippen LogP contribution < -0.4 is 11.2 Å². The molecule has 3 aromatic rings. The minimum atomic E-state index is -1.32. The van der Waals surface area contributed by atoms with Gasteiger partial charge >= 0.3 is 0 Å². The predicted molar refractivity (Wildman–Crippen MR) is 98.2 cm³/mol. The second-order valence-corrected chi connectivity index (χ2v) is 6.12. The number of anilines is 2. The van der Waals surface area contributed by atoms with E-state index in [-0.39, 0.29) is 22.9 Å². The average molecular weight is 386 g/mol. The van der Waals surface area contributed by atoms with E-state index in [1.54, 1.807) is 30.7 Å². The Kier molecular flexibility index (Phi) is 4.83. The van der Waals surface area contributed by atoms with Crippen LogP contribution in [-0.2, 0) is 4.74 Å². The molecule has 0 spiro atoms. The maximum Gasteiger partial charge on any atom is 0.228 e. The van der Waals surface area contributed by atoms with Crippen LogP contribution in [0, 0.1) is 0 Å². The molecule has 12 heteroatoms. The molecule has 0 aliphatic carbocycles. The van der Waals surface area contributed by atoms with Crippen molar-refractivity contribution in [3.8, 4) is 0 Å². The molecule has 6 N–H and O–H groups in total. The lowest BCUT2D eigenvalue weighted by atomic mass is 10.1. The van der Waals surface area contributed by atoms with Gasteiger partial charge in [-0.2, -0.15) is 5.10 Å². The van der Waals surface area contributed by atoms with Gasteiger partial charge < -0.3 is 25.8 Å². The first kappa shape index (κ1) is 18.2. The Morgan fingerprint density at radius 1 is 1.25 bits per heavy atom. The molecule has 146 valence electrons. The lowest BCUT2D eigenvalue weighted by Gasteiger charge is -2.18. The van der Waals surface area contributed by atoms with Crippen molar-refractivity contribution >= 4 is 29.1 Å². The Bertz CT molecular complexity index is 995. The van der Waals surface area contributed by atoms with E-state index in [1.807, 2.05) is 0 Å². The molecule has 12 nitrogen and oxygen atoms in total. The Morgan fingerprint density at radius 2 is 2.04 bits per heavy atom. The summed E-state index contributed by atoms with van der Waals surface area (Å²) < 4.78 is 7.02. The topological polar surface area (TPSA) is 177 Å². The highest BCUT2D eigenvalue weighted by Crippen LogP contribution is 2.35. The monoisotopic (exact) mass is 386 g/mol. The molecule has 0 saturated carbocycles. The van der Waals surface area contributed by atoms with E-state index in [2.05, 4.69) is 30.5 Å². The summed E-state index contributed by atoms with van der Waals surface area (Å²) in [5.41, 5.74) is 10.0. The van der Waals surface area contributed by atoms with Crippen LogP contribution in [0.25, 0.3) is 11.2 Å². The highest BCUT2D eigenvalue weighted by atomic mass is 16.6. The highest BCUT2D eigenvalue weighted by Gasteiger charge is 2.45.